The van der Waals surface area contributed by atoms with Crippen molar-refractivity contribution in [1.29, 1.82) is 0 Å². The Morgan fingerprint density at radius 2 is 0.868 bits per heavy atom. The maximum atomic E-state index is 14.2. The summed E-state index contributed by atoms with van der Waals surface area (Å²) in [5.41, 5.74) is 0. The van der Waals surface area contributed by atoms with E-state index in [9.17, 15) is 14.4 Å². The number of esters is 2. The molecule has 8 heteroatoms. The van der Waals surface area contributed by atoms with Crippen LogP contribution in [0.4, 0.5) is 0 Å². The van der Waals surface area contributed by atoms with Crippen molar-refractivity contribution in [2.75, 3.05) is 45.1 Å². The maximum Gasteiger partial charge on any atom is 0.305 e. The highest BCUT2D eigenvalue weighted by Crippen LogP contribution is 2.25. The van der Waals surface area contributed by atoms with Gasteiger partial charge < -0.3 is 19.3 Å². The topological polar surface area (TPSA) is 76.2 Å². The van der Waals surface area contributed by atoms with E-state index in [4.69, 9.17) is 9.47 Å². The molecule has 1 saturated heterocycles. The molecule has 0 aliphatic carbocycles. The molecule has 7 nitrogen and oxygen atoms in total. The zero-order valence-electron chi connectivity index (χ0n) is 46.4. The van der Waals surface area contributed by atoms with Gasteiger partial charge in [-0.3, -0.25) is 14.4 Å². The highest BCUT2D eigenvalue weighted by molar-refractivity contribution is 7.99. The van der Waals surface area contributed by atoms with Crippen LogP contribution in [0.3, 0.4) is 0 Å². The number of nitrogens with zero attached hydrogens (tertiary/aromatic N) is 2. The Morgan fingerprint density at radius 3 is 1.35 bits per heavy atom. The normalized spacial score (nSPS) is 14.8. The third kappa shape index (κ3) is 38.4. The fourth-order valence-corrected chi connectivity index (χ4v) is 11.3. The first-order chi connectivity index (χ1) is 33.3. The Kier molecular flexibility index (Phi) is 45.7. The molecule has 1 aliphatic heterocycles. The Hall–Kier alpha value is -1.28. The van der Waals surface area contributed by atoms with Crippen molar-refractivity contribution >= 4 is 29.6 Å². The summed E-state index contributed by atoms with van der Waals surface area (Å²) < 4.78 is 11.6. The summed E-state index contributed by atoms with van der Waals surface area (Å²) >= 11 is 2.00. The third-order valence-corrected chi connectivity index (χ3v) is 16.2. The van der Waals surface area contributed by atoms with Crippen molar-refractivity contribution in [2.24, 2.45) is 11.8 Å². The van der Waals surface area contributed by atoms with Crippen molar-refractivity contribution in [2.45, 2.75) is 310 Å². The molecule has 1 aliphatic rings. The van der Waals surface area contributed by atoms with E-state index in [1.54, 1.807) is 0 Å². The molecule has 402 valence electrons. The molecule has 0 spiro atoms. The predicted octanol–water partition coefficient (Wildman–Crippen LogP) is 17.6. The van der Waals surface area contributed by atoms with Crippen molar-refractivity contribution in [3.05, 3.63) is 0 Å². The third-order valence-electron chi connectivity index (χ3n) is 14.9. The zero-order chi connectivity index (χ0) is 49.6. The lowest BCUT2D eigenvalue weighted by molar-refractivity contribution is -0.146. The van der Waals surface area contributed by atoms with Gasteiger partial charge in [0, 0.05) is 42.9 Å². The molecule has 0 N–H and O–H groups in total. The van der Waals surface area contributed by atoms with Crippen LogP contribution in [0.2, 0.25) is 0 Å². The second-order valence-electron chi connectivity index (χ2n) is 21.5. The van der Waals surface area contributed by atoms with Gasteiger partial charge in [-0.2, -0.15) is 11.8 Å². The number of amides is 1. The van der Waals surface area contributed by atoms with E-state index in [1.165, 1.54) is 180 Å². The lowest BCUT2D eigenvalue weighted by atomic mass is 9.96. The highest BCUT2D eigenvalue weighted by atomic mass is 32.2. The van der Waals surface area contributed by atoms with Crippen LogP contribution in [0.25, 0.3) is 0 Å². The van der Waals surface area contributed by atoms with E-state index in [0.717, 1.165) is 89.5 Å². The first kappa shape index (κ1) is 64.7. The van der Waals surface area contributed by atoms with Crippen LogP contribution < -0.4 is 0 Å². The summed E-state index contributed by atoms with van der Waals surface area (Å²) in [5, 5.41) is 0.617. The summed E-state index contributed by atoms with van der Waals surface area (Å²) in [6.07, 6.45) is 46.0. The minimum absolute atomic E-state index is 0.00342. The zero-order valence-corrected chi connectivity index (χ0v) is 47.2. The number of carbonyl (C=O) groups excluding carboxylic acids is 3. The first-order valence-electron chi connectivity index (χ1n) is 30.2. The molecule has 0 bridgehead atoms. The standard InChI is InChI=1S/C60H116N2O5S/c1-7-12-17-28-40-55(38-15-10-4)52-66-59(64)44-32-25-21-19-23-30-42-57(62(50-36-49-61-47-34-35-48-61)58(63)46-51-68-54(6)37-27-14-9-3)43-31-24-20-22-26-33-45-60(65)67-53-56(39-16-11-5)41-29-18-13-8-2/h54-57H,7-53H2,1-6H3/t54-,55?,56?,57?/m0/s1. The number of rotatable bonds is 51. The van der Waals surface area contributed by atoms with Gasteiger partial charge in [-0.25, -0.2) is 0 Å². The van der Waals surface area contributed by atoms with Crippen LogP contribution in [0.15, 0.2) is 0 Å². The fraction of sp³-hybridized carbons (Fsp3) is 0.950. The van der Waals surface area contributed by atoms with Gasteiger partial charge in [0.25, 0.3) is 0 Å². The number of carbonyl (C=O) groups is 3. The minimum Gasteiger partial charge on any atom is -0.465 e. The maximum absolute atomic E-state index is 14.2. The van der Waals surface area contributed by atoms with E-state index < -0.39 is 0 Å². The molecule has 0 aromatic carbocycles. The summed E-state index contributed by atoms with van der Waals surface area (Å²) in [7, 11) is 0. The molecular weight excluding hydrogens is 861 g/mol. The average molecular weight is 978 g/mol. The number of thioether (sulfide) groups is 1. The number of likely N-dealkylation sites (tertiary alicyclic amines) is 1. The van der Waals surface area contributed by atoms with Crippen molar-refractivity contribution in [1.82, 2.24) is 9.80 Å². The molecule has 1 amide bonds. The molecule has 0 saturated carbocycles. The van der Waals surface area contributed by atoms with Gasteiger partial charge >= 0.3 is 11.9 Å². The van der Waals surface area contributed by atoms with Crippen LogP contribution in [0, 0.1) is 11.8 Å². The molecule has 0 aromatic heterocycles. The van der Waals surface area contributed by atoms with Gasteiger partial charge in [0.1, 0.15) is 0 Å². The molecule has 0 aromatic rings. The average Bonchev–Trinajstić information content (AvgIpc) is 3.86. The van der Waals surface area contributed by atoms with Gasteiger partial charge in [-0.15, -0.1) is 0 Å². The van der Waals surface area contributed by atoms with Crippen LogP contribution in [-0.4, -0.2) is 84.1 Å². The van der Waals surface area contributed by atoms with E-state index in [2.05, 4.69) is 51.3 Å². The van der Waals surface area contributed by atoms with Crippen LogP contribution in [0.5, 0.6) is 0 Å². The summed E-state index contributed by atoms with van der Waals surface area (Å²) in [5.74, 6) is 2.35. The summed E-state index contributed by atoms with van der Waals surface area (Å²) in [4.78, 5) is 44.5. The van der Waals surface area contributed by atoms with E-state index in [1.807, 2.05) is 11.8 Å². The molecule has 0 radical (unpaired) electrons. The van der Waals surface area contributed by atoms with Crippen LogP contribution >= 0.6 is 11.8 Å². The van der Waals surface area contributed by atoms with Gasteiger partial charge in [0.05, 0.1) is 13.2 Å². The summed E-state index contributed by atoms with van der Waals surface area (Å²) in [6, 6.07) is 0.318. The smallest absolute Gasteiger partial charge is 0.305 e. The number of ether oxygens (including phenoxy) is 2. The number of hydrogen-bond acceptors (Lipinski definition) is 7. The lowest BCUT2D eigenvalue weighted by Gasteiger charge is -2.33. The fourth-order valence-electron chi connectivity index (χ4n) is 10.3. The summed E-state index contributed by atoms with van der Waals surface area (Å²) in [6.45, 7) is 19.3. The van der Waals surface area contributed by atoms with Crippen molar-refractivity contribution < 1.29 is 23.9 Å². The Bertz CT molecular complexity index is 1080. The quantitative estimate of drug-likeness (QED) is 0.0444. The van der Waals surface area contributed by atoms with Crippen molar-refractivity contribution in [3.63, 3.8) is 0 Å². The lowest BCUT2D eigenvalue weighted by Crippen LogP contribution is -2.42. The van der Waals surface area contributed by atoms with Gasteiger partial charge in [-0.1, -0.05) is 202 Å². The van der Waals surface area contributed by atoms with Gasteiger partial charge in [0.2, 0.25) is 5.91 Å². The molecule has 1 rings (SSSR count). The second kappa shape index (κ2) is 48.0. The number of hydrogen-bond donors (Lipinski definition) is 0. The molecule has 68 heavy (non-hydrogen) atoms. The van der Waals surface area contributed by atoms with Crippen LogP contribution in [0.1, 0.15) is 298 Å². The monoisotopic (exact) mass is 977 g/mol. The van der Waals surface area contributed by atoms with Crippen molar-refractivity contribution in [3.8, 4) is 0 Å². The predicted molar refractivity (Wildman–Crippen MR) is 296 cm³/mol. The Morgan fingerprint density at radius 1 is 0.471 bits per heavy atom. The van der Waals surface area contributed by atoms with Gasteiger partial charge in [-0.05, 0) is 109 Å². The molecular formula is C60H116N2O5S. The Labute approximate surface area is 428 Å². The van der Waals surface area contributed by atoms with E-state index >= 15 is 0 Å². The SMILES string of the molecule is CCCCCCC(CCCC)COC(=O)CCCCCCCCC(CCCCCCCCC(=O)OCC(CCCC)CCCCCC)N(CCCN1CCCC1)C(=O)CCS[C@@H](C)CCCCC. The number of unbranched alkanes of at least 4 members (excludes halogenated alkanes) is 20. The molecule has 3 atom stereocenters. The Balaban J connectivity index is 2.68. The highest BCUT2D eigenvalue weighted by Gasteiger charge is 2.24. The molecule has 1 heterocycles. The minimum atomic E-state index is -0.00342. The van der Waals surface area contributed by atoms with E-state index in [-0.39, 0.29) is 11.9 Å². The van der Waals surface area contributed by atoms with Gasteiger partial charge in [0.15, 0.2) is 0 Å². The molecule has 1 fully saturated rings. The van der Waals surface area contributed by atoms with Crippen LogP contribution in [-0.2, 0) is 23.9 Å². The first-order valence-corrected chi connectivity index (χ1v) is 31.3. The second-order valence-corrected chi connectivity index (χ2v) is 23.0. The van der Waals surface area contributed by atoms with E-state index in [0.29, 0.717) is 61.5 Å². The largest absolute Gasteiger partial charge is 0.465 e. The molecule has 2 unspecified atom stereocenters.